The second kappa shape index (κ2) is 7.44. The molecular weight excluding hydrogens is 266 g/mol. The Kier molecular flexibility index (Phi) is 6.22. The fraction of sp³-hybridized carbons (Fsp3) is 0.846. The first-order valence-corrected chi connectivity index (χ1v) is 6.80. The highest BCUT2D eigenvalue weighted by Crippen LogP contribution is 2.55. The van der Waals surface area contributed by atoms with Crippen molar-refractivity contribution in [3.8, 4) is 0 Å². The third-order valence-corrected chi connectivity index (χ3v) is 3.77. The van der Waals surface area contributed by atoms with Gasteiger partial charge >= 0.3 is 12.1 Å². The first-order valence-electron chi connectivity index (χ1n) is 6.80. The van der Waals surface area contributed by atoms with Crippen molar-refractivity contribution in [1.82, 2.24) is 5.32 Å². The summed E-state index contributed by atoms with van der Waals surface area (Å²) < 4.78 is 9.66. The van der Waals surface area contributed by atoms with Crippen LogP contribution in [0.15, 0.2) is 0 Å². The number of esters is 1. The fourth-order valence-corrected chi connectivity index (χ4v) is 2.42. The van der Waals surface area contributed by atoms with Gasteiger partial charge in [-0.25, -0.2) is 4.79 Å². The molecule has 116 valence electrons. The molecule has 20 heavy (non-hydrogen) atoms. The molecule has 0 aromatic carbocycles. The topological polar surface area (TPSA) is 105 Å². The first-order chi connectivity index (χ1) is 9.56. The summed E-state index contributed by atoms with van der Waals surface area (Å²) in [5.41, 5.74) is -1.05. The molecule has 1 aliphatic rings. The van der Waals surface area contributed by atoms with Crippen LogP contribution in [0.3, 0.4) is 0 Å². The standard InChI is InChI=1S/C13H23NO6/c1-3-4-5-20-12(18)14-10(8-16)13(11(17)19-2)6-9(13)7-15/h9-10,15-16H,3-8H2,1-2H3,(H,14,18). The molecule has 0 aromatic heterocycles. The molecule has 1 amide bonds. The second-order valence-electron chi connectivity index (χ2n) is 4.98. The van der Waals surface area contributed by atoms with Crippen molar-refractivity contribution in [3.05, 3.63) is 0 Å². The lowest BCUT2D eigenvalue weighted by atomic mass is 9.94. The van der Waals surface area contributed by atoms with Crippen LogP contribution in [0.25, 0.3) is 0 Å². The largest absolute Gasteiger partial charge is 0.469 e. The van der Waals surface area contributed by atoms with E-state index in [1.165, 1.54) is 7.11 Å². The molecule has 3 atom stereocenters. The summed E-state index contributed by atoms with van der Waals surface area (Å²) in [6, 6.07) is -0.818. The molecule has 1 fully saturated rings. The van der Waals surface area contributed by atoms with Gasteiger partial charge in [0.1, 0.15) is 0 Å². The summed E-state index contributed by atoms with van der Waals surface area (Å²) in [6.45, 7) is 1.64. The second-order valence-corrected chi connectivity index (χ2v) is 4.98. The van der Waals surface area contributed by atoms with Crippen molar-refractivity contribution in [2.45, 2.75) is 32.2 Å². The van der Waals surface area contributed by atoms with E-state index in [1.54, 1.807) is 0 Å². The number of amides is 1. The minimum Gasteiger partial charge on any atom is -0.469 e. The Hall–Kier alpha value is -1.34. The SMILES string of the molecule is CCCCOC(=O)NC(CO)C1(C(=O)OC)CC1CO. The Morgan fingerprint density at radius 2 is 2.15 bits per heavy atom. The van der Waals surface area contributed by atoms with Crippen LogP contribution in [-0.2, 0) is 14.3 Å². The van der Waals surface area contributed by atoms with Crippen LogP contribution in [0.5, 0.6) is 0 Å². The van der Waals surface area contributed by atoms with Gasteiger partial charge in [0.15, 0.2) is 0 Å². The summed E-state index contributed by atoms with van der Waals surface area (Å²) in [6.07, 6.45) is 1.34. The van der Waals surface area contributed by atoms with Gasteiger partial charge in [0.25, 0.3) is 0 Å². The lowest BCUT2D eigenvalue weighted by Crippen LogP contribution is -2.49. The lowest BCUT2D eigenvalue weighted by Gasteiger charge is -2.25. The average Bonchev–Trinajstić information content (AvgIpc) is 3.19. The molecule has 1 aliphatic carbocycles. The molecule has 0 heterocycles. The summed E-state index contributed by atoms with van der Waals surface area (Å²) in [5.74, 6) is -0.854. The molecule has 0 spiro atoms. The van der Waals surface area contributed by atoms with Gasteiger partial charge in [-0.2, -0.15) is 0 Å². The predicted octanol–water partition coefficient (Wildman–Crippen LogP) is 0.0452. The van der Waals surface area contributed by atoms with Gasteiger partial charge < -0.3 is 25.0 Å². The van der Waals surface area contributed by atoms with Crippen molar-refractivity contribution in [1.29, 1.82) is 0 Å². The highest BCUT2D eigenvalue weighted by Gasteiger charge is 2.65. The number of carbonyl (C=O) groups is 2. The van der Waals surface area contributed by atoms with Gasteiger partial charge in [-0.15, -0.1) is 0 Å². The highest BCUT2D eigenvalue weighted by atomic mass is 16.5. The van der Waals surface area contributed by atoms with Crippen LogP contribution in [0.1, 0.15) is 26.2 Å². The van der Waals surface area contributed by atoms with Crippen LogP contribution < -0.4 is 5.32 Å². The molecule has 0 saturated heterocycles. The number of methoxy groups -OCH3 is 1. The molecule has 1 saturated carbocycles. The Balaban J connectivity index is 2.64. The number of hydrogen-bond donors (Lipinski definition) is 3. The van der Waals surface area contributed by atoms with E-state index in [4.69, 9.17) is 9.47 Å². The molecule has 0 bridgehead atoms. The minimum atomic E-state index is -1.05. The summed E-state index contributed by atoms with van der Waals surface area (Å²) in [5, 5.41) is 21.1. The smallest absolute Gasteiger partial charge is 0.407 e. The van der Waals surface area contributed by atoms with E-state index in [0.29, 0.717) is 6.42 Å². The number of rotatable bonds is 8. The Morgan fingerprint density at radius 3 is 2.60 bits per heavy atom. The van der Waals surface area contributed by atoms with Crippen molar-refractivity contribution in [2.24, 2.45) is 11.3 Å². The van der Waals surface area contributed by atoms with E-state index in [1.807, 2.05) is 6.92 Å². The average molecular weight is 289 g/mol. The molecule has 0 aliphatic heterocycles. The van der Waals surface area contributed by atoms with Crippen molar-refractivity contribution in [2.75, 3.05) is 26.9 Å². The molecule has 3 unspecified atom stereocenters. The van der Waals surface area contributed by atoms with Crippen LogP contribution in [-0.4, -0.2) is 55.2 Å². The molecule has 1 rings (SSSR count). The van der Waals surface area contributed by atoms with Crippen molar-refractivity contribution in [3.63, 3.8) is 0 Å². The van der Waals surface area contributed by atoms with E-state index in [9.17, 15) is 19.8 Å². The number of ether oxygens (including phenoxy) is 2. The molecular formula is C13H23NO6. The third-order valence-electron chi connectivity index (χ3n) is 3.77. The van der Waals surface area contributed by atoms with E-state index in [2.05, 4.69) is 5.32 Å². The number of nitrogens with one attached hydrogen (secondary N) is 1. The normalized spacial score (nSPS) is 25.7. The van der Waals surface area contributed by atoms with E-state index < -0.39 is 30.1 Å². The number of aliphatic hydroxyl groups excluding tert-OH is 2. The van der Waals surface area contributed by atoms with Crippen molar-refractivity contribution < 1.29 is 29.3 Å². The van der Waals surface area contributed by atoms with Gasteiger partial charge in [-0.3, -0.25) is 4.79 Å². The van der Waals surface area contributed by atoms with Crippen LogP contribution in [0.4, 0.5) is 4.79 Å². The molecule has 3 N–H and O–H groups in total. The number of hydrogen-bond acceptors (Lipinski definition) is 6. The first kappa shape index (κ1) is 16.7. The van der Waals surface area contributed by atoms with E-state index in [-0.39, 0.29) is 19.1 Å². The van der Waals surface area contributed by atoms with Gasteiger partial charge in [0.2, 0.25) is 0 Å². The quantitative estimate of drug-likeness (QED) is 0.430. The monoisotopic (exact) mass is 289 g/mol. The Labute approximate surface area is 118 Å². The molecule has 7 heteroatoms. The van der Waals surface area contributed by atoms with Gasteiger partial charge in [-0.1, -0.05) is 13.3 Å². The van der Waals surface area contributed by atoms with Crippen LogP contribution >= 0.6 is 0 Å². The fourth-order valence-electron chi connectivity index (χ4n) is 2.42. The predicted molar refractivity (Wildman–Crippen MR) is 69.9 cm³/mol. The minimum absolute atomic E-state index is 0.196. The van der Waals surface area contributed by atoms with Crippen LogP contribution in [0.2, 0.25) is 0 Å². The maximum Gasteiger partial charge on any atom is 0.407 e. The number of aliphatic hydroxyl groups is 2. The van der Waals surface area contributed by atoms with Crippen molar-refractivity contribution >= 4 is 12.1 Å². The third kappa shape index (κ3) is 3.40. The lowest BCUT2D eigenvalue weighted by molar-refractivity contribution is -0.149. The van der Waals surface area contributed by atoms with E-state index >= 15 is 0 Å². The Morgan fingerprint density at radius 1 is 1.45 bits per heavy atom. The Bertz CT molecular complexity index is 348. The summed E-state index contributed by atoms with van der Waals surface area (Å²) in [7, 11) is 1.24. The maximum absolute atomic E-state index is 11.9. The zero-order chi connectivity index (χ0) is 15.2. The number of alkyl carbamates (subject to hydrolysis) is 1. The number of carbonyl (C=O) groups excluding carboxylic acids is 2. The molecule has 0 aromatic rings. The zero-order valence-electron chi connectivity index (χ0n) is 11.9. The maximum atomic E-state index is 11.9. The van der Waals surface area contributed by atoms with E-state index in [0.717, 1.165) is 12.8 Å². The summed E-state index contributed by atoms with van der Waals surface area (Å²) in [4.78, 5) is 23.5. The number of unbranched alkanes of at least 4 members (excludes halogenated alkanes) is 1. The molecule has 7 nitrogen and oxygen atoms in total. The molecule has 0 radical (unpaired) electrons. The van der Waals surface area contributed by atoms with Gasteiger partial charge in [0.05, 0.1) is 31.8 Å². The zero-order valence-corrected chi connectivity index (χ0v) is 11.9. The highest BCUT2D eigenvalue weighted by molar-refractivity contribution is 5.83. The van der Waals surface area contributed by atoms with Gasteiger partial charge in [-0.05, 0) is 12.8 Å². The summed E-state index contributed by atoms with van der Waals surface area (Å²) >= 11 is 0. The van der Waals surface area contributed by atoms with Gasteiger partial charge in [0, 0.05) is 12.5 Å². The van der Waals surface area contributed by atoms with Crippen LogP contribution in [0, 0.1) is 11.3 Å².